The average molecular weight is 212 g/mol. The van der Waals surface area contributed by atoms with E-state index in [0.29, 0.717) is 0 Å². The fourth-order valence-electron chi connectivity index (χ4n) is 0.993. The molecular formula is C9H12N2O2S. The van der Waals surface area contributed by atoms with E-state index >= 15 is 0 Å². The lowest BCUT2D eigenvalue weighted by Crippen LogP contribution is -2.09. The van der Waals surface area contributed by atoms with Gasteiger partial charge in [-0.05, 0) is 13.1 Å². The normalized spacial score (nSPS) is 10.1. The lowest BCUT2D eigenvalue weighted by Gasteiger charge is -2.01. The first-order chi connectivity index (χ1) is 6.75. The average Bonchev–Trinajstić information content (AvgIpc) is 2.19. The summed E-state index contributed by atoms with van der Waals surface area (Å²) in [6, 6.07) is 6.80. The van der Waals surface area contributed by atoms with Gasteiger partial charge in [-0.2, -0.15) is 0 Å². The quantitative estimate of drug-likeness (QED) is 0.350. The predicted molar refractivity (Wildman–Crippen MR) is 57.7 cm³/mol. The molecule has 0 aliphatic carbocycles. The summed E-state index contributed by atoms with van der Waals surface area (Å²) < 4.78 is 0. The van der Waals surface area contributed by atoms with Crippen LogP contribution in [0.1, 0.15) is 0 Å². The molecule has 1 aromatic rings. The van der Waals surface area contributed by atoms with Crippen LogP contribution in [0.25, 0.3) is 0 Å². The Balaban J connectivity index is 2.69. The molecule has 0 aromatic heterocycles. The minimum absolute atomic E-state index is 0.189. The van der Waals surface area contributed by atoms with E-state index in [9.17, 15) is 10.1 Å². The lowest BCUT2D eigenvalue weighted by atomic mass is 10.3. The summed E-state index contributed by atoms with van der Waals surface area (Å²) in [6.45, 7) is 0.844. The molecule has 4 nitrogen and oxygen atoms in total. The summed E-state index contributed by atoms with van der Waals surface area (Å²) in [5.74, 6) is 0.835. The van der Waals surface area contributed by atoms with Crippen LogP contribution in [0.4, 0.5) is 5.69 Å². The third kappa shape index (κ3) is 3.01. The molecule has 5 heteroatoms. The van der Waals surface area contributed by atoms with E-state index in [1.807, 2.05) is 13.1 Å². The van der Waals surface area contributed by atoms with Crippen LogP contribution >= 0.6 is 11.8 Å². The lowest BCUT2D eigenvalue weighted by molar-refractivity contribution is -0.387. The Kier molecular flexibility index (Phi) is 4.42. The van der Waals surface area contributed by atoms with E-state index in [0.717, 1.165) is 17.2 Å². The number of hydrogen-bond acceptors (Lipinski definition) is 4. The smallest absolute Gasteiger partial charge is 0.282 e. The molecular weight excluding hydrogens is 200 g/mol. The van der Waals surface area contributed by atoms with Gasteiger partial charge in [0.25, 0.3) is 5.69 Å². The summed E-state index contributed by atoms with van der Waals surface area (Å²) in [5.41, 5.74) is 0.189. The third-order valence-corrected chi connectivity index (χ3v) is 2.74. The molecule has 1 N–H and O–H groups in total. The van der Waals surface area contributed by atoms with Crippen molar-refractivity contribution in [3.05, 3.63) is 34.4 Å². The first-order valence-corrected chi connectivity index (χ1v) is 5.25. The van der Waals surface area contributed by atoms with Gasteiger partial charge in [0.15, 0.2) is 0 Å². The van der Waals surface area contributed by atoms with Gasteiger partial charge < -0.3 is 5.32 Å². The van der Waals surface area contributed by atoms with Crippen molar-refractivity contribution in [3.8, 4) is 0 Å². The second-order valence-corrected chi connectivity index (χ2v) is 3.81. The van der Waals surface area contributed by atoms with Crippen LogP contribution in [0.5, 0.6) is 0 Å². The summed E-state index contributed by atoms with van der Waals surface area (Å²) in [4.78, 5) is 11.0. The molecule has 0 fully saturated rings. The number of benzene rings is 1. The highest BCUT2D eigenvalue weighted by atomic mass is 32.2. The number of nitro groups is 1. The van der Waals surface area contributed by atoms with Crippen molar-refractivity contribution in [2.45, 2.75) is 4.90 Å². The fourth-order valence-corrected chi connectivity index (χ4v) is 1.98. The van der Waals surface area contributed by atoms with E-state index in [-0.39, 0.29) is 10.6 Å². The van der Waals surface area contributed by atoms with E-state index in [1.165, 1.54) is 17.8 Å². The second kappa shape index (κ2) is 5.62. The molecule has 76 valence electrons. The maximum Gasteiger partial charge on any atom is 0.282 e. The van der Waals surface area contributed by atoms with Crippen LogP contribution in [-0.2, 0) is 0 Å². The van der Waals surface area contributed by atoms with Gasteiger partial charge in [-0.15, -0.1) is 11.8 Å². The SMILES string of the molecule is CNCCSc1ccccc1[N+](=O)[O-]. The summed E-state index contributed by atoms with van der Waals surface area (Å²) in [6.07, 6.45) is 0. The van der Waals surface area contributed by atoms with Gasteiger partial charge >= 0.3 is 0 Å². The first-order valence-electron chi connectivity index (χ1n) is 4.26. The molecule has 0 saturated carbocycles. The van der Waals surface area contributed by atoms with Crippen LogP contribution < -0.4 is 5.32 Å². The Morgan fingerprint density at radius 2 is 2.21 bits per heavy atom. The topological polar surface area (TPSA) is 55.2 Å². The first kappa shape index (κ1) is 11.0. The molecule has 1 aromatic carbocycles. The fraction of sp³-hybridized carbons (Fsp3) is 0.333. The van der Waals surface area contributed by atoms with E-state index in [1.54, 1.807) is 12.1 Å². The van der Waals surface area contributed by atoms with Crippen molar-refractivity contribution in [2.24, 2.45) is 0 Å². The molecule has 0 amide bonds. The second-order valence-electron chi connectivity index (χ2n) is 2.68. The zero-order chi connectivity index (χ0) is 10.4. The zero-order valence-corrected chi connectivity index (χ0v) is 8.71. The van der Waals surface area contributed by atoms with Gasteiger partial charge in [0.1, 0.15) is 0 Å². The highest BCUT2D eigenvalue weighted by Crippen LogP contribution is 2.27. The molecule has 0 bridgehead atoms. The number of nitrogens with one attached hydrogen (secondary N) is 1. The number of para-hydroxylation sites is 1. The Bertz CT molecular complexity index is 317. The molecule has 0 radical (unpaired) electrons. The van der Waals surface area contributed by atoms with Gasteiger partial charge in [-0.25, -0.2) is 0 Å². The largest absolute Gasteiger partial charge is 0.319 e. The molecule has 0 heterocycles. The highest BCUT2D eigenvalue weighted by Gasteiger charge is 2.11. The van der Waals surface area contributed by atoms with Crippen LogP contribution in [0.2, 0.25) is 0 Å². The molecule has 1 rings (SSSR count). The van der Waals surface area contributed by atoms with Crippen LogP contribution in [-0.4, -0.2) is 24.3 Å². The summed E-state index contributed by atoms with van der Waals surface area (Å²) in [7, 11) is 1.86. The number of nitro benzene ring substituents is 1. The Hall–Kier alpha value is -1.07. The Labute approximate surface area is 86.9 Å². The van der Waals surface area contributed by atoms with Crippen molar-refractivity contribution in [1.82, 2.24) is 5.32 Å². The minimum atomic E-state index is -0.346. The van der Waals surface area contributed by atoms with Crippen molar-refractivity contribution < 1.29 is 4.92 Å². The minimum Gasteiger partial charge on any atom is -0.319 e. The molecule has 0 atom stereocenters. The maximum absolute atomic E-state index is 10.6. The number of hydrogen-bond donors (Lipinski definition) is 1. The third-order valence-electron chi connectivity index (χ3n) is 1.67. The number of rotatable bonds is 5. The molecule has 0 unspecified atom stereocenters. The van der Waals surface area contributed by atoms with Gasteiger partial charge in [-0.1, -0.05) is 12.1 Å². The van der Waals surface area contributed by atoms with Crippen LogP contribution in [0, 0.1) is 10.1 Å². The van der Waals surface area contributed by atoms with E-state index in [2.05, 4.69) is 5.32 Å². The number of thioether (sulfide) groups is 1. The molecule has 0 spiro atoms. The van der Waals surface area contributed by atoms with Gasteiger partial charge in [0.05, 0.1) is 9.82 Å². The maximum atomic E-state index is 10.6. The Morgan fingerprint density at radius 1 is 1.50 bits per heavy atom. The van der Waals surface area contributed by atoms with Crippen LogP contribution in [0.15, 0.2) is 29.2 Å². The van der Waals surface area contributed by atoms with Crippen molar-refractivity contribution >= 4 is 17.4 Å². The Morgan fingerprint density at radius 3 is 2.86 bits per heavy atom. The number of nitrogens with zero attached hydrogens (tertiary/aromatic N) is 1. The van der Waals surface area contributed by atoms with Gasteiger partial charge in [-0.3, -0.25) is 10.1 Å². The monoisotopic (exact) mass is 212 g/mol. The molecule has 0 aliphatic rings. The molecule has 14 heavy (non-hydrogen) atoms. The van der Waals surface area contributed by atoms with Gasteiger partial charge in [0, 0.05) is 18.4 Å². The van der Waals surface area contributed by atoms with E-state index in [4.69, 9.17) is 0 Å². The molecule has 0 aliphatic heterocycles. The summed E-state index contributed by atoms with van der Waals surface area (Å²) in [5, 5.41) is 13.6. The molecule has 0 saturated heterocycles. The zero-order valence-electron chi connectivity index (χ0n) is 7.90. The summed E-state index contributed by atoms with van der Waals surface area (Å²) >= 11 is 1.50. The van der Waals surface area contributed by atoms with Crippen molar-refractivity contribution in [3.63, 3.8) is 0 Å². The van der Waals surface area contributed by atoms with Crippen LogP contribution in [0.3, 0.4) is 0 Å². The van der Waals surface area contributed by atoms with Gasteiger partial charge in [0.2, 0.25) is 0 Å². The van der Waals surface area contributed by atoms with Crippen molar-refractivity contribution in [2.75, 3.05) is 19.3 Å². The predicted octanol–water partition coefficient (Wildman–Crippen LogP) is 1.91. The van der Waals surface area contributed by atoms with Crippen molar-refractivity contribution in [1.29, 1.82) is 0 Å². The standard InChI is InChI=1S/C9H12N2O2S/c1-10-6-7-14-9-5-3-2-4-8(9)11(12)13/h2-5,10H,6-7H2,1H3. The highest BCUT2D eigenvalue weighted by molar-refractivity contribution is 7.99. The van der Waals surface area contributed by atoms with E-state index < -0.39 is 0 Å².